The summed E-state index contributed by atoms with van der Waals surface area (Å²) in [5.74, 6) is 4.10. The Morgan fingerprint density at radius 1 is 0.517 bits per heavy atom. The second-order valence-electron chi connectivity index (χ2n) is 6.29. The average molecular weight is 403 g/mol. The third kappa shape index (κ3) is 4.89. The molecule has 0 N–H and O–H groups in total. The first-order chi connectivity index (χ1) is 14.3. The molecule has 0 saturated carbocycles. The van der Waals surface area contributed by atoms with Gasteiger partial charge in [0.2, 0.25) is 0 Å². The van der Waals surface area contributed by atoms with E-state index in [1.807, 2.05) is 103 Å². The van der Waals surface area contributed by atoms with Gasteiger partial charge in [-0.2, -0.15) is 0 Å². The van der Waals surface area contributed by atoms with E-state index < -0.39 is 0 Å². The maximum absolute atomic E-state index is 6.26. The van der Waals surface area contributed by atoms with Crippen molar-refractivity contribution in [2.45, 2.75) is 5.88 Å². The molecule has 0 amide bonds. The van der Waals surface area contributed by atoms with E-state index in [9.17, 15) is 0 Å². The van der Waals surface area contributed by atoms with Crippen molar-refractivity contribution >= 4 is 11.6 Å². The molecule has 4 aromatic rings. The average Bonchev–Trinajstić information content (AvgIpc) is 2.77. The highest BCUT2D eigenvalue weighted by atomic mass is 35.5. The summed E-state index contributed by atoms with van der Waals surface area (Å²) in [6.45, 7) is 0. The zero-order chi connectivity index (χ0) is 19.9. The number of para-hydroxylation sites is 3. The van der Waals surface area contributed by atoms with E-state index in [1.165, 1.54) is 0 Å². The Balaban J connectivity index is 1.75. The Labute approximate surface area is 175 Å². The van der Waals surface area contributed by atoms with Gasteiger partial charge < -0.3 is 14.2 Å². The van der Waals surface area contributed by atoms with Crippen molar-refractivity contribution < 1.29 is 14.2 Å². The van der Waals surface area contributed by atoms with Crippen LogP contribution < -0.4 is 14.2 Å². The first-order valence-corrected chi connectivity index (χ1v) is 9.77. The predicted octanol–water partition coefficient (Wildman–Crippen LogP) is 7.80. The second kappa shape index (κ2) is 9.18. The summed E-state index contributed by atoms with van der Waals surface area (Å²) in [5.41, 5.74) is 0.773. The summed E-state index contributed by atoms with van der Waals surface area (Å²) in [6, 6.07) is 32.4. The van der Waals surface area contributed by atoms with E-state index in [1.54, 1.807) is 0 Å². The Morgan fingerprint density at radius 3 is 1.52 bits per heavy atom. The molecule has 0 saturated heterocycles. The third-order valence-corrected chi connectivity index (χ3v) is 4.45. The van der Waals surface area contributed by atoms with Crippen LogP contribution >= 0.6 is 11.6 Å². The molecule has 29 heavy (non-hydrogen) atoms. The number of ether oxygens (including phenoxy) is 3. The SMILES string of the molecule is ClCc1cc(Oc2ccccc2)cc(Oc2ccccc2)c1Oc1ccccc1. The van der Waals surface area contributed by atoms with Crippen molar-refractivity contribution in [3.8, 4) is 34.5 Å². The lowest BCUT2D eigenvalue weighted by Gasteiger charge is -2.17. The van der Waals surface area contributed by atoms with Crippen molar-refractivity contribution in [3.05, 3.63) is 109 Å². The maximum Gasteiger partial charge on any atom is 0.174 e. The number of benzene rings is 4. The molecule has 0 atom stereocenters. The molecular weight excluding hydrogens is 384 g/mol. The first-order valence-electron chi connectivity index (χ1n) is 9.23. The number of rotatable bonds is 7. The molecule has 0 radical (unpaired) electrons. The van der Waals surface area contributed by atoms with Crippen LogP contribution in [0.3, 0.4) is 0 Å². The Bertz CT molecular complexity index is 1050. The molecule has 3 nitrogen and oxygen atoms in total. The van der Waals surface area contributed by atoms with Gasteiger partial charge in [0.15, 0.2) is 11.5 Å². The molecular formula is C25H19ClO3. The molecule has 0 heterocycles. The molecule has 4 aromatic carbocycles. The van der Waals surface area contributed by atoms with Crippen LogP contribution in [-0.4, -0.2) is 0 Å². The maximum atomic E-state index is 6.26. The largest absolute Gasteiger partial charge is 0.457 e. The lowest BCUT2D eigenvalue weighted by Crippen LogP contribution is -1.96. The van der Waals surface area contributed by atoms with Gasteiger partial charge in [-0.25, -0.2) is 0 Å². The van der Waals surface area contributed by atoms with E-state index in [4.69, 9.17) is 25.8 Å². The van der Waals surface area contributed by atoms with Crippen LogP contribution in [0, 0.1) is 0 Å². The zero-order valence-electron chi connectivity index (χ0n) is 15.6. The van der Waals surface area contributed by atoms with E-state index in [0.29, 0.717) is 28.7 Å². The monoisotopic (exact) mass is 402 g/mol. The summed E-state index contributed by atoms with van der Waals surface area (Å²) >= 11 is 6.26. The Morgan fingerprint density at radius 2 is 1.00 bits per heavy atom. The summed E-state index contributed by atoms with van der Waals surface area (Å²) in [4.78, 5) is 0. The summed E-state index contributed by atoms with van der Waals surface area (Å²) in [6.07, 6.45) is 0. The van der Waals surface area contributed by atoms with Gasteiger partial charge in [-0.3, -0.25) is 0 Å². The molecule has 0 fully saturated rings. The van der Waals surface area contributed by atoms with Crippen molar-refractivity contribution in [1.29, 1.82) is 0 Å². The number of hydrogen-bond donors (Lipinski definition) is 0. The van der Waals surface area contributed by atoms with Gasteiger partial charge in [-0.1, -0.05) is 54.6 Å². The minimum Gasteiger partial charge on any atom is -0.457 e. The molecule has 0 spiro atoms. The standard InChI is InChI=1S/C25H19ClO3/c26-18-19-16-23(27-20-10-4-1-5-11-20)17-24(28-21-12-6-2-7-13-21)25(19)29-22-14-8-3-9-15-22/h1-17H,18H2. The van der Waals surface area contributed by atoms with Gasteiger partial charge in [0.05, 0.1) is 5.88 Å². The molecule has 144 valence electrons. The quantitative estimate of drug-likeness (QED) is 0.295. The number of alkyl halides is 1. The lowest BCUT2D eigenvalue weighted by atomic mass is 10.2. The first kappa shape index (κ1) is 18.9. The normalized spacial score (nSPS) is 10.4. The highest BCUT2D eigenvalue weighted by Crippen LogP contribution is 2.42. The van der Waals surface area contributed by atoms with Crippen molar-refractivity contribution in [2.75, 3.05) is 0 Å². The van der Waals surface area contributed by atoms with Crippen LogP contribution in [0.4, 0.5) is 0 Å². The topological polar surface area (TPSA) is 27.7 Å². The van der Waals surface area contributed by atoms with Crippen LogP contribution in [0.15, 0.2) is 103 Å². The molecule has 0 bridgehead atoms. The van der Waals surface area contributed by atoms with Crippen molar-refractivity contribution in [2.24, 2.45) is 0 Å². The van der Waals surface area contributed by atoms with Crippen LogP contribution in [0.25, 0.3) is 0 Å². The van der Waals surface area contributed by atoms with E-state index in [0.717, 1.165) is 11.3 Å². The second-order valence-corrected chi connectivity index (χ2v) is 6.56. The van der Waals surface area contributed by atoms with Crippen LogP contribution in [-0.2, 0) is 5.88 Å². The minimum absolute atomic E-state index is 0.249. The Hall–Kier alpha value is -3.43. The van der Waals surface area contributed by atoms with Crippen molar-refractivity contribution in [1.82, 2.24) is 0 Å². The minimum atomic E-state index is 0.249. The van der Waals surface area contributed by atoms with Crippen LogP contribution in [0.5, 0.6) is 34.5 Å². The molecule has 0 unspecified atom stereocenters. The van der Waals surface area contributed by atoms with Crippen molar-refractivity contribution in [3.63, 3.8) is 0 Å². The fourth-order valence-corrected chi connectivity index (χ4v) is 3.03. The summed E-state index contributed by atoms with van der Waals surface area (Å²) < 4.78 is 18.3. The molecule has 0 aliphatic carbocycles. The molecule has 0 aliphatic heterocycles. The lowest BCUT2D eigenvalue weighted by molar-refractivity contribution is 0.409. The highest BCUT2D eigenvalue weighted by Gasteiger charge is 2.17. The number of halogens is 1. The van der Waals surface area contributed by atoms with Gasteiger partial charge in [0, 0.05) is 11.6 Å². The van der Waals surface area contributed by atoms with Crippen LogP contribution in [0.1, 0.15) is 5.56 Å². The highest BCUT2D eigenvalue weighted by molar-refractivity contribution is 6.17. The summed E-state index contributed by atoms with van der Waals surface area (Å²) in [7, 11) is 0. The fraction of sp³-hybridized carbons (Fsp3) is 0.0400. The molecule has 4 heteroatoms. The zero-order valence-corrected chi connectivity index (χ0v) is 16.4. The van der Waals surface area contributed by atoms with Gasteiger partial charge in [0.25, 0.3) is 0 Å². The Kier molecular flexibility index (Phi) is 5.98. The fourth-order valence-electron chi connectivity index (χ4n) is 2.83. The van der Waals surface area contributed by atoms with Gasteiger partial charge in [0.1, 0.15) is 23.0 Å². The predicted molar refractivity (Wildman–Crippen MR) is 116 cm³/mol. The van der Waals surface area contributed by atoms with Gasteiger partial charge >= 0.3 is 0 Å². The van der Waals surface area contributed by atoms with E-state index in [2.05, 4.69) is 0 Å². The number of hydrogen-bond acceptors (Lipinski definition) is 3. The van der Waals surface area contributed by atoms with Gasteiger partial charge in [-0.15, -0.1) is 11.6 Å². The van der Waals surface area contributed by atoms with E-state index in [-0.39, 0.29) is 5.88 Å². The molecule has 4 rings (SSSR count). The summed E-state index contributed by atoms with van der Waals surface area (Å²) in [5, 5.41) is 0. The smallest absolute Gasteiger partial charge is 0.174 e. The van der Waals surface area contributed by atoms with Crippen LogP contribution in [0.2, 0.25) is 0 Å². The van der Waals surface area contributed by atoms with E-state index >= 15 is 0 Å². The molecule has 0 aromatic heterocycles. The molecule has 0 aliphatic rings. The third-order valence-electron chi connectivity index (χ3n) is 4.16. The van der Waals surface area contributed by atoms with Gasteiger partial charge in [-0.05, 0) is 42.5 Å².